The van der Waals surface area contributed by atoms with E-state index < -0.39 is 36.0 Å². The number of methoxy groups -OCH3 is 2. The molecule has 2 unspecified atom stereocenters. The molecule has 2 atom stereocenters. The Bertz CT molecular complexity index is 1500. The van der Waals surface area contributed by atoms with Gasteiger partial charge in [0, 0.05) is 24.5 Å². The summed E-state index contributed by atoms with van der Waals surface area (Å²) in [5.41, 5.74) is 12.9. The first-order chi connectivity index (χ1) is 19.0. The number of halogens is 4. The van der Waals surface area contributed by atoms with E-state index in [1.165, 1.54) is 38.5 Å². The summed E-state index contributed by atoms with van der Waals surface area (Å²) < 4.78 is 51.7. The smallest absolute Gasteiger partial charge is 0.332 e. The van der Waals surface area contributed by atoms with Crippen molar-refractivity contribution < 1.29 is 37.3 Å². The number of nitrogens with zero attached hydrogens (tertiary/aromatic N) is 2. The van der Waals surface area contributed by atoms with Crippen molar-refractivity contribution in [3.05, 3.63) is 70.5 Å². The van der Waals surface area contributed by atoms with Gasteiger partial charge in [-0.3, -0.25) is 11.5 Å². The van der Waals surface area contributed by atoms with Crippen molar-refractivity contribution in [1.82, 2.24) is 9.13 Å². The zero-order valence-electron chi connectivity index (χ0n) is 21.2. The summed E-state index contributed by atoms with van der Waals surface area (Å²) in [7, 11) is 2.81. The molecule has 212 valence electrons. The Labute approximate surface area is 236 Å². The second kappa shape index (κ2) is 12.1. The molecule has 0 radical (unpaired) electrons. The number of esters is 2. The van der Waals surface area contributed by atoms with Crippen molar-refractivity contribution in [1.29, 1.82) is 0 Å². The van der Waals surface area contributed by atoms with Gasteiger partial charge in [0.15, 0.2) is 12.5 Å². The molecule has 2 aromatic carbocycles. The third-order valence-electron chi connectivity index (χ3n) is 5.89. The third-order valence-corrected chi connectivity index (χ3v) is 6.63. The van der Waals surface area contributed by atoms with Crippen molar-refractivity contribution in [3.8, 4) is 11.5 Å². The first kappa shape index (κ1) is 29.2. The van der Waals surface area contributed by atoms with Gasteiger partial charge in [0.1, 0.15) is 23.1 Å². The molecule has 0 saturated carbocycles. The van der Waals surface area contributed by atoms with Gasteiger partial charge in [-0.1, -0.05) is 23.2 Å². The zero-order chi connectivity index (χ0) is 29.1. The van der Waals surface area contributed by atoms with Crippen LogP contribution in [0.2, 0.25) is 10.0 Å². The SMILES string of the molecule is COc1cn(CC(N)OC(=O)/C=C/C(=O)OC(N)Cn2cc(OC)c3c(Cl)c(F)ccc32)c2ccc(F)c(Cl)c12. The van der Waals surface area contributed by atoms with E-state index in [1.807, 2.05) is 0 Å². The average molecular weight is 597 g/mol. The normalized spacial score (nSPS) is 13.1. The predicted octanol–water partition coefficient (Wildman–Crippen LogP) is 4.11. The molecule has 0 spiro atoms. The maximum Gasteiger partial charge on any atom is 0.332 e. The predicted molar refractivity (Wildman–Crippen MR) is 144 cm³/mol. The fraction of sp³-hybridized carbons (Fsp3) is 0.231. The topological polar surface area (TPSA) is 133 Å². The summed E-state index contributed by atoms with van der Waals surface area (Å²) in [5.74, 6) is -2.42. The lowest BCUT2D eigenvalue weighted by Gasteiger charge is -2.14. The maximum absolute atomic E-state index is 13.9. The lowest BCUT2D eigenvalue weighted by Crippen LogP contribution is -2.32. The van der Waals surface area contributed by atoms with Crippen molar-refractivity contribution >= 4 is 56.9 Å². The molecule has 0 aliphatic carbocycles. The molecule has 14 heteroatoms. The molecule has 0 aliphatic heterocycles. The lowest BCUT2D eigenvalue weighted by atomic mass is 10.2. The first-order valence-electron chi connectivity index (χ1n) is 11.7. The molecule has 4 aromatic rings. The van der Waals surface area contributed by atoms with Crippen LogP contribution >= 0.6 is 23.2 Å². The van der Waals surface area contributed by atoms with Crippen molar-refractivity contribution in [2.24, 2.45) is 11.5 Å². The van der Waals surface area contributed by atoms with Crippen LogP contribution in [0.3, 0.4) is 0 Å². The number of aromatic nitrogens is 2. The van der Waals surface area contributed by atoms with Crippen LogP contribution in [0.25, 0.3) is 21.8 Å². The van der Waals surface area contributed by atoms with E-state index in [1.54, 1.807) is 21.5 Å². The molecule has 2 aromatic heterocycles. The standard InChI is InChI=1S/C26H24Cl2F2N4O6/c1-37-17-9-33(15-5-3-13(29)25(27)23(15)17)11-19(31)39-21(35)7-8-22(36)40-20(32)12-34-10-18(38-2)24-16(34)6-4-14(30)26(24)28/h3-10,19-20H,11-12,31-32H2,1-2H3/b8-7+. The summed E-state index contributed by atoms with van der Waals surface area (Å²) in [6, 6.07) is 5.38. The van der Waals surface area contributed by atoms with Gasteiger partial charge in [-0.15, -0.1) is 0 Å². The largest absolute Gasteiger partial charge is 0.494 e. The Hall–Kier alpha value is -3.84. The molecule has 4 rings (SSSR count). The molecule has 0 fully saturated rings. The Morgan fingerprint density at radius 3 is 1.52 bits per heavy atom. The number of rotatable bonds is 10. The Morgan fingerprint density at radius 1 is 0.800 bits per heavy atom. The van der Waals surface area contributed by atoms with Crippen molar-refractivity contribution in [2.45, 2.75) is 25.5 Å². The van der Waals surface area contributed by atoms with E-state index in [0.29, 0.717) is 33.3 Å². The maximum atomic E-state index is 13.9. The summed E-state index contributed by atoms with van der Waals surface area (Å²) in [6.07, 6.45) is 2.51. The van der Waals surface area contributed by atoms with E-state index in [2.05, 4.69) is 0 Å². The number of carbonyl (C=O) groups excluding carboxylic acids is 2. The molecule has 4 N–H and O–H groups in total. The Morgan fingerprint density at radius 2 is 1.18 bits per heavy atom. The van der Waals surface area contributed by atoms with Crippen LogP contribution in [-0.2, 0) is 32.2 Å². The minimum absolute atomic E-state index is 0.0150. The summed E-state index contributed by atoms with van der Waals surface area (Å²) in [5, 5.41) is 0.479. The van der Waals surface area contributed by atoms with Crippen LogP contribution in [-0.4, -0.2) is 47.7 Å². The number of benzene rings is 2. The molecule has 2 heterocycles. The highest BCUT2D eigenvalue weighted by Crippen LogP contribution is 2.37. The summed E-state index contributed by atoms with van der Waals surface area (Å²) in [4.78, 5) is 24.4. The second-order valence-electron chi connectivity index (χ2n) is 8.49. The molecule has 40 heavy (non-hydrogen) atoms. The van der Waals surface area contributed by atoms with Gasteiger partial charge in [-0.25, -0.2) is 18.4 Å². The number of hydrogen-bond donors (Lipinski definition) is 2. The summed E-state index contributed by atoms with van der Waals surface area (Å²) in [6.45, 7) is -0.0299. The molecular formula is C26H24Cl2F2N4O6. The minimum atomic E-state index is -1.13. The van der Waals surface area contributed by atoms with Crippen molar-refractivity contribution in [2.75, 3.05) is 14.2 Å². The van der Waals surface area contributed by atoms with Gasteiger partial charge in [-0.2, -0.15) is 0 Å². The molecule has 0 aliphatic rings. The second-order valence-corrected chi connectivity index (χ2v) is 9.25. The van der Waals surface area contributed by atoms with Gasteiger partial charge >= 0.3 is 11.9 Å². The van der Waals surface area contributed by atoms with Gasteiger partial charge in [0.05, 0.1) is 59.2 Å². The average Bonchev–Trinajstić information content (AvgIpc) is 3.45. The zero-order valence-corrected chi connectivity index (χ0v) is 22.7. The van der Waals surface area contributed by atoms with E-state index in [9.17, 15) is 18.4 Å². The van der Waals surface area contributed by atoms with E-state index in [0.717, 1.165) is 12.2 Å². The summed E-state index contributed by atoms with van der Waals surface area (Å²) >= 11 is 12.1. The van der Waals surface area contributed by atoms with Gasteiger partial charge in [0.25, 0.3) is 0 Å². The van der Waals surface area contributed by atoms with Gasteiger partial charge < -0.3 is 28.1 Å². The Balaban J connectivity index is 1.34. The number of nitrogens with two attached hydrogens (primary N) is 2. The van der Waals surface area contributed by atoms with Crippen LogP contribution < -0.4 is 20.9 Å². The third kappa shape index (κ3) is 5.99. The molecule has 10 nitrogen and oxygen atoms in total. The highest BCUT2D eigenvalue weighted by Gasteiger charge is 2.20. The van der Waals surface area contributed by atoms with Crippen LogP contribution in [0.15, 0.2) is 48.8 Å². The molecule has 0 saturated heterocycles. The van der Waals surface area contributed by atoms with E-state index >= 15 is 0 Å². The number of carbonyl (C=O) groups is 2. The van der Waals surface area contributed by atoms with E-state index in [4.69, 9.17) is 53.6 Å². The van der Waals surface area contributed by atoms with E-state index in [-0.39, 0.29) is 23.1 Å². The first-order valence-corrected chi connectivity index (χ1v) is 12.4. The van der Waals surface area contributed by atoms with Crippen molar-refractivity contribution in [3.63, 3.8) is 0 Å². The fourth-order valence-electron chi connectivity index (χ4n) is 4.17. The van der Waals surface area contributed by atoms with Gasteiger partial charge in [0.2, 0.25) is 0 Å². The minimum Gasteiger partial charge on any atom is -0.494 e. The highest BCUT2D eigenvalue weighted by atomic mass is 35.5. The van der Waals surface area contributed by atoms with Crippen LogP contribution in [0.4, 0.5) is 8.78 Å². The number of hydrogen-bond acceptors (Lipinski definition) is 8. The van der Waals surface area contributed by atoms with Crippen LogP contribution in [0.5, 0.6) is 11.5 Å². The van der Waals surface area contributed by atoms with Gasteiger partial charge in [-0.05, 0) is 24.3 Å². The molecule has 0 bridgehead atoms. The molecular weight excluding hydrogens is 573 g/mol. The van der Waals surface area contributed by atoms with Crippen LogP contribution in [0.1, 0.15) is 0 Å². The molecule has 0 amide bonds. The highest BCUT2D eigenvalue weighted by molar-refractivity contribution is 6.36. The quantitative estimate of drug-likeness (QED) is 0.159. The lowest BCUT2D eigenvalue weighted by molar-refractivity contribution is -0.146. The monoisotopic (exact) mass is 596 g/mol. The number of fused-ring (bicyclic) bond motifs is 2. The Kier molecular flexibility index (Phi) is 8.84. The number of ether oxygens (including phenoxy) is 4. The van der Waals surface area contributed by atoms with Crippen LogP contribution in [0, 0.1) is 11.6 Å². The fourth-order valence-corrected chi connectivity index (χ4v) is 4.67.